The number of carbonyl (C=O) groups is 2. The number of benzene rings is 1. The molecule has 0 radical (unpaired) electrons. The minimum Gasteiger partial charge on any atom is -0.493 e. The van der Waals surface area contributed by atoms with Gasteiger partial charge in [0, 0.05) is 36.9 Å². The summed E-state index contributed by atoms with van der Waals surface area (Å²) in [5.74, 6) is 0.843. The number of nitrogens with zero attached hydrogens (tertiary/aromatic N) is 1. The quantitative estimate of drug-likeness (QED) is 0.578. The van der Waals surface area contributed by atoms with Gasteiger partial charge in [0.15, 0.2) is 16.6 Å². The van der Waals surface area contributed by atoms with E-state index in [9.17, 15) is 9.59 Å². The topological polar surface area (TPSA) is 98.4 Å². The summed E-state index contributed by atoms with van der Waals surface area (Å²) in [5.41, 5.74) is 0.551. The van der Waals surface area contributed by atoms with Crippen LogP contribution >= 0.6 is 12.2 Å². The Morgan fingerprint density at radius 1 is 1.16 bits per heavy atom. The van der Waals surface area contributed by atoms with Gasteiger partial charge >= 0.3 is 0 Å². The van der Waals surface area contributed by atoms with E-state index in [1.807, 2.05) is 0 Å². The van der Waals surface area contributed by atoms with Crippen molar-refractivity contribution in [2.75, 3.05) is 46.9 Å². The summed E-state index contributed by atoms with van der Waals surface area (Å²) >= 11 is 5.37. The second-order valence-electron chi connectivity index (χ2n) is 7.56. The Morgan fingerprint density at radius 3 is 2.42 bits per heavy atom. The molecule has 1 aliphatic carbocycles. The highest BCUT2D eigenvalue weighted by Gasteiger charge is 2.44. The molecule has 2 N–H and O–H groups in total. The van der Waals surface area contributed by atoms with Gasteiger partial charge in [-0.15, -0.1) is 0 Å². The SMILES string of the molecule is COCCN1C(=O)C2CCC(C(=O)Nc3cc(OC)c(OC)c(OC)c3)CC2NC1=S. The van der Waals surface area contributed by atoms with E-state index in [4.69, 9.17) is 31.2 Å². The third kappa shape index (κ3) is 4.85. The van der Waals surface area contributed by atoms with Crippen molar-refractivity contribution in [1.82, 2.24) is 10.2 Å². The van der Waals surface area contributed by atoms with Crippen molar-refractivity contribution in [3.63, 3.8) is 0 Å². The number of thiocarbonyl (C=S) groups is 1. The molecule has 170 valence electrons. The molecule has 2 fully saturated rings. The van der Waals surface area contributed by atoms with Gasteiger partial charge in [0.1, 0.15) is 0 Å². The summed E-state index contributed by atoms with van der Waals surface area (Å²) < 4.78 is 21.1. The summed E-state index contributed by atoms with van der Waals surface area (Å²) in [6.07, 6.45) is 1.77. The fourth-order valence-corrected chi connectivity index (χ4v) is 4.53. The van der Waals surface area contributed by atoms with Crippen molar-refractivity contribution in [1.29, 1.82) is 0 Å². The molecule has 1 saturated carbocycles. The van der Waals surface area contributed by atoms with Gasteiger partial charge in [0.25, 0.3) is 0 Å². The van der Waals surface area contributed by atoms with E-state index in [1.165, 1.54) is 21.3 Å². The molecule has 9 nitrogen and oxygen atoms in total. The van der Waals surface area contributed by atoms with Gasteiger partial charge in [0.05, 0.1) is 40.4 Å². The predicted molar refractivity (Wildman–Crippen MR) is 119 cm³/mol. The number of hydrogen-bond acceptors (Lipinski definition) is 7. The minimum absolute atomic E-state index is 0.00860. The summed E-state index contributed by atoms with van der Waals surface area (Å²) in [6, 6.07) is 3.23. The summed E-state index contributed by atoms with van der Waals surface area (Å²) in [7, 11) is 6.16. The smallest absolute Gasteiger partial charge is 0.233 e. The molecule has 3 unspecified atom stereocenters. The number of amides is 2. The van der Waals surface area contributed by atoms with E-state index < -0.39 is 0 Å². The van der Waals surface area contributed by atoms with E-state index in [0.29, 0.717) is 60.5 Å². The number of nitrogens with one attached hydrogen (secondary N) is 2. The lowest BCUT2D eigenvalue weighted by Crippen LogP contribution is -2.62. The van der Waals surface area contributed by atoms with Crippen LogP contribution in [0.1, 0.15) is 19.3 Å². The fraction of sp³-hybridized carbons (Fsp3) is 0.571. The average molecular weight is 452 g/mol. The Balaban J connectivity index is 1.68. The van der Waals surface area contributed by atoms with Gasteiger partial charge in [-0.25, -0.2) is 0 Å². The third-order valence-corrected chi connectivity index (χ3v) is 6.15. The van der Waals surface area contributed by atoms with Crippen molar-refractivity contribution in [3.05, 3.63) is 12.1 Å². The molecule has 0 aromatic heterocycles. The maximum atomic E-state index is 13.0. The lowest BCUT2D eigenvalue weighted by molar-refractivity contribution is -0.137. The van der Waals surface area contributed by atoms with Crippen LogP contribution in [0.15, 0.2) is 12.1 Å². The first-order valence-electron chi connectivity index (χ1n) is 10.1. The molecule has 1 saturated heterocycles. The van der Waals surface area contributed by atoms with Crippen molar-refractivity contribution < 1.29 is 28.5 Å². The Morgan fingerprint density at radius 2 is 1.84 bits per heavy atom. The highest BCUT2D eigenvalue weighted by atomic mass is 32.1. The first-order valence-corrected chi connectivity index (χ1v) is 10.6. The van der Waals surface area contributed by atoms with Crippen LogP contribution < -0.4 is 24.8 Å². The van der Waals surface area contributed by atoms with E-state index in [0.717, 1.165) is 0 Å². The monoisotopic (exact) mass is 451 g/mol. The molecule has 1 aromatic rings. The molecule has 0 spiro atoms. The van der Waals surface area contributed by atoms with Crippen LogP contribution in [-0.4, -0.2) is 69.5 Å². The maximum Gasteiger partial charge on any atom is 0.233 e. The Bertz CT molecular complexity index is 823. The van der Waals surface area contributed by atoms with E-state index in [1.54, 1.807) is 24.1 Å². The second-order valence-corrected chi connectivity index (χ2v) is 7.95. The standard InChI is InChI=1S/C21H29N3O6S/c1-27-8-7-24-20(26)14-6-5-12(9-15(14)23-21(24)31)19(25)22-13-10-16(28-2)18(30-4)17(11-13)29-3/h10-12,14-15H,5-9H2,1-4H3,(H,22,25)(H,23,31). The highest BCUT2D eigenvalue weighted by Crippen LogP contribution is 2.40. The first kappa shape index (κ1) is 23.1. The lowest BCUT2D eigenvalue weighted by atomic mass is 9.76. The minimum atomic E-state index is -0.242. The predicted octanol–water partition coefficient (Wildman–Crippen LogP) is 1.80. The number of anilines is 1. The molecule has 3 atom stereocenters. The highest BCUT2D eigenvalue weighted by molar-refractivity contribution is 7.80. The Hall–Kier alpha value is -2.59. The van der Waals surface area contributed by atoms with Crippen molar-refractivity contribution >= 4 is 34.8 Å². The number of rotatable bonds is 8. The molecule has 1 aromatic carbocycles. The lowest BCUT2D eigenvalue weighted by Gasteiger charge is -2.43. The normalized spacial score (nSPS) is 23.0. The average Bonchev–Trinajstić information content (AvgIpc) is 2.77. The number of methoxy groups -OCH3 is 4. The fourth-order valence-electron chi connectivity index (χ4n) is 4.19. The maximum absolute atomic E-state index is 13.0. The first-order chi connectivity index (χ1) is 14.9. The largest absolute Gasteiger partial charge is 0.493 e. The third-order valence-electron chi connectivity index (χ3n) is 5.81. The molecule has 10 heteroatoms. The number of hydrogen-bond donors (Lipinski definition) is 2. The van der Waals surface area contributed by atoms with Crippen LogP contribution in [0.2, 0.25) is 0 Å². The van der Waals surface area contributed by atoms with Gasteiger partial charge < -0.3 is 29.6 Å². The zero-order chi connectivity index (χ0) is 22.5. The zero-order valence-corrected chi connectivity index (χ0v) is 19.0. The Kier molecular flexibility index (Phi) is 7.55. The molecule has 31 heavy (non-hydrogen) atoms. The summed E-state index contributed by atoms with van der Waals surface area (Å²) in [6.45, 7) is 0.847. The number of fused-ring (bicyclic) bond motifs is 1. The van der Waals surface area contributed by atoms with Gasteiger partial charge in [-0.2, -0.15) is 0 Å². The van der Waals surface area contributed by atoms with Crippen LogP contribution in [-0.2, 0) is 14.3 Å². The molecular formula is C21H29N3O6S. The summed E-state index contributed by atoms with van der Waals surface area (Å²) in [4.78, 5) is 27.4. The van der Waals surface area contributed by atoms with E-state index >= 15 is 0 Å². The van der Waals surface area contributed by atoms with Gasteiger partial charge in [0.2, 0.25) is 17.6 Å². The van der Waals surface area contributed by atoms with Crippen molar-refractivity contribution in [2.24, 2.45) is 11.8 Å². The molecule has 1 heterocycles. The number of ether oxygens (including phenoxy) is 4. The molecule has 1 aliphatic heterocycles. The van der Waals surface area contributed by atoms with E-state index in [-0.39, 0.29) is 29.7 Å². The Labute approximate surface area is 187 Å². The number of carbonyl (C=O) groups excluding carboxylic acids is 2. The molecule has 0 bridgehead atoms. The van der Waals surface area contributed by atoms with Crippen LogP contribution in [0.4, 0.5) is 5.69 Å². The van der Waals surface area contributed by atoms with Crippen LogP contribution in [0.5, 0.6) is 17.2 Å². The summed E-state index contributed by atoms with van der Waals surface area (Å²) in [5, 5.41) is 6.59. The zero-order valence-electron chi connectivity index (χ0n) is 18.2. The van der Waals surface area contributed by atoms with Gasteiger partial charge in [-0.1, -0.05) is 0 Å². The van der Waals surface area contributed by atoms with Crippen molar-refractivity contribution in [2.45, 2.75) is 25.3 Å². The van der Waals surface area contributed by atoms with E-state index in [2.05, 4.69) is 10.6 Å². The van der Waals surface area contributed by atoms with Gasteiger partial charge in [-0.3, -0.25) is 14.5 Å². The second kappa shape index (κ2) is 10.1. The van der Waals surface area contributed by atoms with Gasteiger partial charge in [-0.05, 0) is 31.5 Å². The van der Waals surface area contributed by atoms with Crippen LogP contribution in [0, 0.1) is 11.8 Å². The van der Waals surface area contributed by atoms with Crippen LogP contribution in [0.3, 0.4) is 0 Å². The molecule has 3 rings (SSSR count). The molecular weight excluding hydrogens is 422 g/mol. The molecule has 2 aliphatic rings. The van der Waals surface area contributed by atoms with Crippen LogP contribution in [0.25, 0.3) is 0 Å². The van der Waals surface area contributed by atoms with Crippen molar-refractivity contribution in [3.8, 4) is 17.2 Å². The molecule has 2 amide bonds.